The highest BCUT2D eigenvalue weighted by atomic mass is 32.1. The van der Waals surface area contributed by atoms with Crippen LogP contribution in [0.4, 0.5) is 0 Å². The van der Waals surface area contributed by atoms with Crippen LogP contribution in [0, 0.1) is 0 Å². The first-order valence-electron chi connectivity index (χ1n) is 6.79. The van der Waals surface area contributed by atoms with Crippen molar-refractivity contribution in [1.82, 2.24) is 0 Å². The number of carbonyl (C=O) groups is 2. The molecule has 0 amide bonds. The van der Waals surface area contributed by atoms with Crippen molar-refractivity contribution in [3.8, 4) is 5.75 Å². The Hall–Kier alpha value is -2.40. The Bertz CT molecular complexity index is 672. The van der Waals surface area contributed by atoms with Gasteiger partial charge in [0.2, 0.25) is 0 Å². The van der Waals surface area contributed by atoms with Crippen LogP contribution in [-0.2, 0) is 9.53 Å². The van der Waals surface area contributed by atoms with Gasteiger partial charge < -0.3 is 9.47 Å². The molecule has 5 heteroatoms. The lowest BCUT2D eigenvalue weighted by atomic mass is 10.2. The van der Waals surface area contributed by atoms with Crippen LogP contribution >= 0.6 is 11.3 Å². The molecule has 0 fully saturated rings. The number of ether oxygens (including phenoxy) is 2. The average molecular weight is 316 g/mol. The van der Waals surface area contributed by atoms with Crippen molar-refractivity contribution in [3.05, 3.63) is 58.3 Å². The lowest BCUT2D eigenvalue weighted by molar-refractivity contribution is -0.128. The molecule has 1 aromatic carbocycles. The number of thiophene rings is 1. The molecule has 0 unspecified atom stereocenters. The van der Waals surface area contributed by atoms with Gasteiger partial charge >= 0.3 is 11.9 Å². The largest absolute Gasteiger partial charge is 0.459 e. The van der Waals surface area contributed by atoms with Gasteiger partial charge in [0.05, 0.1) is 11.7 Å². The number of benzene rings is 1. The maximum Gasteiger partial charge on any atom is 0.338 e. The monoisotopic (exact) mass is 316 g/mol. The summed E-state index contributed by atoms with van der Waals surface area (Å²) in [5, 5.41) is 1.93. The maximum absolute atomic E-state index is 11.8. The summed E-state index contributed by atoms with van der Waals surface area (Å²) in [5.74, 6) is -0.635. The Kier molecular flexibility index (Phi) is 5.49. The zero-order valence-electron chi connectivity index (χ0n) is 12.3. The second kappa shape index (κ2) is 7.56. The quantitative estimate of drug-likeness (QED) is 0.476. The maximum atomic E-state index is 11.8. The average Bonchev–Trinajstić information content (AvgIpc) is 2.98. The molecule has 0 aliphatic heterocycles. The summed E-state index contributed by atoms with van der Waals surface area (Å²) in [4.78, 5) is 24.5. The standard InChI is InChI=1S/C17H16O4S/c1-12(2)20-17(19)13-5-3-6-14(11-13)21-16(18)9-8-15-7-4-10-22-15/h3-12H,1-2H3/b9-8+. The third-order valence-electron chi connectivity index (χ3n) is 2.56. The van der Waals surface area contributed by atoms with Crippen molar-refractivity contribution >= 4 is 29.4 Å². The van der Waals surface area contributed by atoms with Crippen molar-refractivity contribution in [2.24, 2.45) is 0 Å². The Balaban J connectivity index is 2.00. The molecule has 0 aliphatic carbocycles. The Morgan fingerprint density at radius 1 is 1.18 bits per heavy atom. The van der Waals surface area contributed by atoms with Gasteiger partial charge in [0.25, 0.3) is 0 Å². The molecule has 0 spiro atoms. The van der Waals surface area contributed by atoms with Gasteiger partial charge in [-0.05, 0) is 49.6 Å². The second-order valence-electron chi connectivity index (χ2n) is 4.75. The Morgan fingerprint density at radius 2 is 2.00 bits per heavy atom. The molecule has 22 heavy (non-hydrogen) atoms. The SMILES string of the molecule is CC(C)OC(=O)c1cccc(OC(=O)/C=C/c2cccs2)c1. The van der Waals surface area contributed by atoms with Crippen LogP contribution in [-0.4, -0.2) is 18.0 Å². The first-order valence-corrected chi connectivity index (χ1v) is 7.67. The molecule has 0 saturated carbocycles. The van der Waals surface area contributed by atoms with E-state index in [9.17, 15) is 9.59 Å². The van der Waals surface area contributed by atoms with E-state index in [1.807, 2.05) is 17.5 Å². The Morgan fingerprint density at radius 3 is 2.68 bits per heavy atom. The number of rotatable bonds is 5. The van der Waals surface area contributed by atoms with Crippen molar-refractivity contribution in [1.29, 1.82) is 0 Å². The summed E-state index contributed by atoms with van der Waals surface area (Å²) in [6.45, 7) is 3.55. The molecule has 0 aliphatic rings. The smallest absolute Gasteiger partial charge is 0.338 e. The van der Waals surface area contributed by atoms with Gasteiger partial charge in [0, 0.05) is 11.0 Å². The molecule has 0 radical (unpaired) electrons. The predicted molar refractivity (Wildman–Crippen MR) is 86.0 cm³/mol. The fraction of sp³-hybridized carbons (Fsp3) is 0.176. The van der Waals surface area contributed by atoms with E-state index in [0.717, 1.165) is 4.88 Å². The number of hydrogen-bond donors (Lipinski definition) is 0. The first-order chi connectivity index (χ1) is 10.5. The van der Waals surface area contributed by atoms with Gasteiger partial charge in [-0.25, -0.2) is 9.59 Å². The van der Waals surface area contributed by atoms with Crippen LogP contribution in [0.5, 0.6) is 5.75 Å². The molecule has 2 rings (SSSR count). The van der Waals surface area contributed by atoms with E-state index in [4.69, 9.17) is 9.47 Å². The molecule has 0 atom stereocenters. The predicted octanol–water partition coefficient (Wildman–Crippen LogP) is 3.93. The molecule has 1 heterocycles. The summed E-state index contributed by atoms with van der Waals surface area (Å²) >= 11 is 1.53. The molecule has 1 aromatic heterocycles. The highest BCUT2D eigenvalue weighted by Gasteiger charge is 2.11. The summed E-state index contributed by atoms with van der Waals surface area (Å²) in [5.41, 5.74) is 0.348. The molecule has 0 saturated heterocycles. The topological polar surface area (TPSA) is 52.6 Å². The van der Waals surface area contributed by atoms with Crippen molar-refractivity contribution in [3.63, 3.8) is 0 Å². The van der Waals surface area contributed by atoms with Crippen molar-refractivity contribution in [2.75, 3.05) is 0 Å². The zero-order chi connectivity index (χ0) is 15.9. The minimum absolute atomic E-state index is 0.201. The first kappa shape index (κ1) is 16.0. The molecule has 0 bridgehead atoms. The van der Waals surface area contributed by atoms with Crippen molar-refractivity contribution < 1.29 is 19.1 Å². The summed E-state index contributed by atoms with van der Waals surface area (Å²) in [6.07, 6.45) is 2.84. The molecule has 114 valence electrons. The number of carbonyl (C=O) groups excluding carboxylic acids is 2. The van der Waals surface area contributed by atoms with E-state index in [1.54, 1.807) is 38.1 Å². The Labute approximate surface area is 133 Å². The molecular weight excluding hydrogens is 300 g/mol. The minimum atomic E-state index is -0.497. The summed E-state index contributed by atoms with van der Waals surface area (Å²) in [6, 6.07) is 10.2. The third kappa shape index (κ3) is 4.86. The van der Waals surface area contributed by atoms with Gasteiger partial charge in [-0.2, -0.15) is 0 Å². The molecule has 0 N–H and O–H groups in total. The van der Waals surface area contributed by atoms with Gasteiger partial charge in [0.15, 0.2) is 0 Å². The van der Waals surface area contributed by atoms with Crippen LogP contribution in [0.25, 0.3) is 6.08 Å². The molecule has 4 nitrogen and oxygen atoms in total. The van der Waals surface area contributed by atoms with Gasteiger partial charge in [0.1, 0.15) is 5.75 Å². The van der Waals surface area contributed by atoms with E-state index in [1.165, 1.54) is 23.5 Å². The van der Waals surface area contributed by atoms with E-state index >= 15 is 0 Å². The molecule has 2 aromatic rings. The van der Waals surface area contributed by atoms with Crippen LogP contribution in [0.1, 0.15) is 29.1 Å². The fourth-order valence-corrected chi connectivity index (χ4v) is 2.27. The highest BCUT2D eigenvalue weighted by Crippen LogP contribution is 2.16. The normalized spacial score (nSPS) is 10.9. The van der Waals surface area contributed by atoms with Crippen LogP contribution in [0.2, 0.25) is 0 Å². The van der Waals surface area contributed by atoms with Gasteiger partial charge in [-0.1, -0.05) is 12.1 Å². The van der Waals surface area contributed by atoms with Gasteiger partial charge in [-0.3, -0.25) is 0 Å². The lowest BCUT2D eigenvalue weighted by Crippen LogP contribution is -2.12. The zero-order valence-corrected chi connectivity index (χ0v) is 13.1. The summed E-state index contributed by atoms with van der Waals surface area (Å²) < 4.78 is 10.3. The highest BCUT2D eigenvalue weighted by molar-refractivity contribution is 7.10. The van der Waals surface area contributed by atoms with E-state index in [0.29, 0.717) is 11.3 Å². The third-order valence-corrected chi connectivity index (χ3v) is 3.40. The minimum Gasteiger partial charge on any atom is -0.459 e. The van der Waals surface area contributed by atoms with E-state index in [-0.39, 0.29) is 6.10 Å². The summed E-state index contributed by atoms with van der Waals surface area (Å²) in [7, 11) is 0. The second-order valence-corrected chi connectivity index (χ2v) is 5.73. The van der Waals surface area contributed by atoms with Gasteiger partial charge in [-0.15, -0.1) is 11.3 Å². The number of hydrogen-bond acceptors (Lipinski definition) is 5. The van der Waals surface area contributed by atoms with E-state index in [2.05, 4.69) is 0 Å². The van der Waals surface area contributed by atoms with E-state index < -0.39 is 11.9 Å². The fourth-order valence-electron chi connectivity index (χ4n) is 1.66. The van der Waals surface area contributed by atoms with Crippen LogP contribution in [0.3, 0.4) is 0 Å². The molecular formula is C17H16O4S. The number of esters is 2. The van der Waals surface area contributed by atoms with Crippen molar-refractivity contribution in [2.45, 2.75) is 20.0 Å². The lowest BCUT2D eigenvalue weighted by Gasteiger charge is -2.08. The van der Waals surface area contributed by atoms with Crippen LogP contribution < -0.4 is 4.74 Å². The van der Waals surface area contributed by atoms with Crippen LogP contribution in [0.15, 0.2) is 47.9 Å².